The predicted octanol–water partition coefficient (Wildman–Crippen LogP) is 1.51. The minimum atomic E-state index is 0.158. The number of nitrogens with zero attached hydrogens (tertiary/aromatic N) is 3. The first-order valence-electron chi connectivity index (χ1n) is 5.75. The average molecular weight is 232 g/mol. The normalized spacial score (nSPS) is 12.6. The van der Waals surface area contributed by atoms with Crippen molar-refractivity contribution in [2.45, 2.75) is 25.7 Å². The van der Waals surface area contributed by atoms with Gasteiger partial charge in [0.15, 0.2) is 5.82 Å². The van der Waals surface area contributed by atoms with Crippen molar-refractivity contribution in [1.82, 2.24) is 15.1 Å². The summed E-state index contributed by atoms with van der Waals surface area (Å²) in [5, 5.41) is 3.96. The summed E-state index contributed by atoms with van der Waals surface area (Å²) in [4.78, 5) is 8.41. The van der Waals surface area contributed by atoms with E-state index in [1.54, 1.807) is 12.4 Å². The average Bonchev–Trinajstić information content (AvgIpc) is 2.81. The van der Waals surface area contributed by atoms with Gasteiger partial charge in [-0.1, -0.05) is 18.1 Å². The first-order valence-corrected chi connectivity index (χ1v) is 5.75. The molecular weight excluding hydrogens is 216 g/mol. The molecule has 1 unspecified atom stereocenters. The molecule has 17 heavy (non-hydrogen) atoms. The highest BCUT2D eigenvalue weighted by Gasteiger charge is 2.15. The monoisotopic (exact) mass is 232 g/mol. The van der Waals surface area contributed by atoms with E-state index in [4.69, 9.17) is 10.3 Å². The second-order valence-corrected chi connectivity index (χ2v) is 3.93. The fourth-order valence-corrected chi connectivity index (χ4v) is 1.63. The maximum atomic E-state index is 5.64. The fourth-order valence-electron chi connectivity index (χ4n) is 1.63. The largest absolute Gasteiger partial charge is 0.339 e. The summed E-state index contributed by atoms with van der Waals surface area (Å²) in [6, 6.07) is 3.88. The highest BCUT2D eigenvalue weighted by atomic mass is 16.5. The molecule has 0 bridgehead atoms. The van der Waals surface area contributed by atoms with Crippen LogP contribution in [0.3, 0.4) is 0 Å². The molecule has 0 aromatic carbocycles. The molecule has 0 spiro atoms. The maximum absolute atomic E-state index is 5.64. The van der Waals surface area contributed by atoms with E-state index in [1.807, 2.05) is 12.1 Å². The van der Waals surface area contributed by atoms with Crippen LogP contribution in [-0.2, 0) is 6.42 Å². The van der Waals surface area contributed by atoms with E-state index < -0.39 is 0 Å². The van der Waals surface area contributed by atoms with Gasteiger partial charge >= 0.3 is 0 Å². The van der Waals surface area contributed by atoms with Crippen molar-refractivity contribution in [2.75, 3.05) is 6.54 Å². The number of rotatable bonds is 5. The van der Waals surface area contributed by atoms with E-state index in [1.165, 1.54) is 0 Å². The Bertz CT molecular complexity index is 451. The summed E-state index contributed by atoms with van der Waals surface area (Å²) >= 11 is 0. The molecule has 0 aliphatic heterocycles. The van der Waals surface area contributed by atoms with Gasteiger partial charge in [0.2, 0.25) is 5.89 Å². The van der Waals surface area contributed by atoms with Crippen molar-refractivity contribution in [2.24, 2.45) is 5.73 Å². The van der Waals surface area contributed by atoms with Crippen LogP contribution in [0.15, 0.2) is 29.0 Å². The molecule has 2 heterocycles. The zero-order valence-electron chi connectivity index (χ0n) is 9.84. The number of hydrogen-bond donors (Lipinski definition) is 1. The van der Waals surface area contributed by atoms with Crippen LogP contribution in [0, 0.1) is 0 Å². The Balaban J connectivity index is 2.08. The molecule has 90 valence electrons. The third kappa shape index (κ3) is 2.88. The van der Waals surface area contributed by atoms with Crippen molar-refractivity contribution in [3.63, 3.8) is 0 Å². The van der Waals surface area contributed by atoms with Crippen LogP contribution < -0.4 is 5.73 Å². The molecule has 5 heteroatoms. The van der Waals surface area contributed by atoms with Gasteiger partial charge in [-0.25, -0.2) is 0 Å². The summed E-state index contributed by atoms with van der Waals surface area (Å²) in [7, 11) is 0. The van der Waals surface area contributed by atoms with Crippen LogP contribution in [0.25, 0.3) is 0 Å². The van der Waals surface area contributed by atoms with E-state index in [2.05, 4.69) is 22.0 Å². The Hall–Kier alpha value is -1.75. The highest BCUT2D eigenvalue weighted by Crippen LogP contribution is 2.16. The van der Waals surface area contributed by atoms with E-state index in [0.717, 1.165) is 12.0 Å². The Morgan fingerprint density at radius 3 is 3.00 bits per heavy atom. The molecule has 2 rings (SSSR count). The third-order valence-corrected chi connectivity index (χ3v) is 2.70. The summed E-state index contributed by atoms with van der Waals surface area (Å²) in [5.74, 6) is 1.47. The van der Waals surface area contributed by atoms with Crippen LogP contribution in [0.2, 0.25) is 0 Å². The zero-order valence-corrected chi connectivity index (χ0v) is 9.84. The fraction of sp³-hybridized carbons (Fsp3) is 0.417. The van der Waals surface area contributed by atoms with E-state index in [9.17, 15) is 0 Å². The predicted molar refractivity (Wildman–Crippen MR) is 63.4 cm³/mol. The van der Waals surface area contributed by atoms with Crippen LogP contribution in [0.1, 0.15) is 36.5 Å². The zero-order chi connectivity index (χ0) is 12.1. The van der Waals surface area contributed by atoms with Crippen molar-refractivity contribution >= 4 is 0 Å². The first-order chi connectivity index (χ1) is 8.33. The minimum absolute atomic E-state index is 0.158. The third-order valence-electron chi connectivity index (χ3n) is 2.70. The molecule has 0 aliphatic carbocycles. The lowest BCUT2D eigenvalue weighted by Crippen LogP contribution is -2.11. The molecule has 0 saturated heterocycles. The Labute approximate surface area is 100 Å². The minimum Gasteiger partial charge on any atom is -0.339 e. The number of nitrogens with two attached hydrogens (primary N) is 1. The van der Waals surface area contributed by atoms with E-state index >= 15 is 0 Å². The summed E-state index contributed by atoms with van der Waals surface area (Å²) in [6.07, 6.45) is 5.09. The molecule has 2 aromatic rings. The first kappa shape index (κ1) is 11.7. The second kappa shape index (κ2) is 5.54. The quantitative estimate of drug-likeness (QED) is 0.845. The summed E-state index contributed by atoms with van der Waals surface area (Å²) < 4.78 is 5.22. The van der Waals surface area contributed by atoms with Gasteiger partial charge < -0.3 is 10.3 Å². The van der Waals surface area contributed by atoms with Gasteiger partial charge in [-0.15, -0.1) is 0 Å². The van der Waals surface area contributed by atoms with Crippen molar-refractivity contribution in [1.29, 1.82) is 0 Å². The molecule has 0 fully saturated rings. The van der Waals surface area contributed by atoms with E-state index in [-0.39, 0.29) is 5.92 Å². The lowest BCUT2D eigenvalue weighted by atomic mass is 10.1. The lowest BCUT2D eigenvalue weighted by molar-refractivity contribution is 0.348. The second-order valence-electron chi connectivity index (χ2n) is 3.93. The van der Waals surface area contributed by atoms with E-state index in [0.29, 0.717) is 24.7 Å². The highest BCUT2D eigenvalue weighted by molar-refractivity contribution is 5.13. The topological polar surface area (TPSA) is 77.8 Å². The SMILES string of the molecule is CCC(CN)c1nc(Cc2cccnc2)no1. The van der Waals surface area contributed by atoms with Gasteiger partial charge in [-0.3, -0.25) is 4.98 Å². The molecule has 0 aliphatic rings. The van der Waals surface area contributed by atoms with Crippen molar-refractivity contribution in [3.05, 3.63) is 41.8 Å². The molecule has 0 radical (unpaired) electrons. The van der Waals surface area contributed by atoms with Crippen molar-refractivity contribution in [3.8, 4) is 0 Å². The van der Waals surface area contributed by atoms with Gasteiger partial charge in [0.25, 0.3) is 0 Å². The van der Waals surface area contributed by atoms with Gasteiger partial charge in [0, 0.05) is 25.4 Å². The number of aromatic nitrogens is 3. The molecule has 1 atom stereocenters. The summed E-state index contributed by atoms with van der Waals surface area (Å²) in [6.45, 7) is 2.59. The molecule has 0 saturated carbocycles. The van der Waals surface area contributed by atoms with Gasteiger partial charge in [0.05, 0.1) is 5.92 Å². The Kier molecular flexibility index (Phi) is 3.82. The van der Waals surface area contributed by atoms with Gasteiger partial charge in [-0.2, -0.15) is 4.98 Å². The lowest BCUT2D eigenvalue weighted by Gasteiger charge is -2.04. The smallest absolute Gasteiger partial charge is 0.231 e. The Morgan fingerprint density at radius 2 is 2.35 bits per heavy atom. The summed E-state index contributed by atoms with van der Waals surface area (Å²) in [5.41, 5.74) is 6.71. The van der Waals surface area contributed by atoms with Crippen LogP contribution in [0.5, 0.6) is 0 Å². The Morgan fingerprint density at radius 1 is 1.47 bits per heavy atom. The van der Waals surface area contributed by atoms with Gasteiger partial charge in [0.1, 0.15) is 0 Å². The molecule has 0 amide bonds. The molecule has 5 nitrogen and oxygen atoms in total. The maximum Gasteiger partial charge on any atom is 0.231 e. The molecule has 2 aromatic heterocycles. The molecule has 2 N–H and O–H groups in total. The van der Waals surface area contributed by atoms with Crippen LogP contribution in [-0.4, -0.2) is 21.7 Å². The number of pyridine rings is 1. The van der Waals surface area contributed by atoms with Crippen LogP contribution in [0.4, 0.5) is 0 Å². The van der Waals surface area contributed by atoms with Crippen LogP contribution >= 0.6 is 0 Å². The number of hydrogen-bond acceptors (Lipinski definition) is 5. The van der Waals surface area contributed by atoms with Gasteiger partial charge in [-0.05, 0) is 18.1 Å². The standard InChI is InChI=1S/C12H16N4O/c1-2-10(7-13)12-15-11(16-17-12)6-9-4-3-5-14-8-9/h3-5,8,10H,2,6-7,13H2,1H3. The molecular formula is C12H16N4O. The van der Waals surface area contributed by atoms with Crippen molar-refractivity contribution < 1.29 is 4.52 Å².